The second-order valence-corrected chi connectivity index (χ2v) is 5.47. The Morgan fingerprint density at radius 3 is 2.95 bits per heavy atom. The second kappa shape index (κ2) is 6.25. The fourth-order valence-corrected chi connectivity index (χ4v) is 2.32. The van der Waals surface area contributed by atoms with E-state index in [0.29, 0.717) is 25.3 Å². The van der Waals surface area contributed by atoms with Gasteiger partial charge in [-0.15, -0.1) is 0 Å². The normalized spacial score (nSPS) is 17.0. The molecule has 0 spiro atoms. The highest BCUT2D eigenvalue weighted by Gasteiger charge is 2.35. The lowest BCUT2D eigenvalue weighted by atomic mass is 9.99. The van der Waals surface area contributed by atoms with Gasteiger partial charge in [0.1, 0.15) is 12.4 Å². The van der Waals surface area contributed by atoms with E-state index in [1.54, 1.807) is 4.90 Å². The molecule has 0 atom stereocenters. The molecule has 1 saturated heterocycles. The highest BCUT2D eigenvalue weighted by molar-refractivity contribution is 5.97. The van der Waals surface area contributed by atoms with Crippen LogP contribution in [0.1, 0.15) is 29.8 Å². The largest absolute Gasteiger partial charge is 0.384 e. The summed E-state index contributed by atoms with van der Waals surface area (Å²) < 4.78 is 18.9. The van der Waals surface area contributed by atoms with Gasteiger partial charge in [-0.2, -0.15) is 0 Å². The Morgan fingerprint density at radius 2 is 2.29 bits per heavy atom. The quantitative estimate of drug-likeness (QED) is 0.796. The van der Waals surface area contributed by atoms with Gasteiger partial charge in [-0.05, 0) is 32.0 Å². The number of aliphatic hydroxyl groups is 1. The van der Waals surface area contributed by atoms with Crippen molar-refractivity contribution in [2.75, 3.05) is 26.4 Å². The fraction of sp³-hybridized carbons (Fsp3) is 0.438. The van der Waals surface area contributed by atoms with Gasteiger partial charge in [0.25, 0.3) is 5.91 Å². The van der Waals surface area contributed by atoms with Gasteiger partial charge in [-0.3, -0.25) is 4.79 Å². The minimum absolute atomic E-state index is 0.214. The average molecular weight is 291 g/mol. The van der Waals surface area contributed by atoms with Crippen LogP contribution in [-0.4, -0.2) is 47.8 Å². The highest BCUT2D eigenvalue weighted by Crippen LogP contribution is 2.23. The van der Waals surface area contributed by atoms with Crippen LogP contribution in [0, 0.1) is 17.7 Å². The Morgan fingerprint density at radius 1 is 1.52 bits per heavy atom. The molecule has 112 valence electrons. The summed E-state index contributed by atoms with van der Waals surface area (Å²) in [7, 11) is 0. The van der Waals surface area contributed by atoms with E-state index in [4.69, 9.17) is 9.84 Å². The molecule has 0 aromatic heterocycles. The van der Waals surface area contributed by atoms with E-state index in [2.05, 4.69) is 11.8 Å². The van der Waals surface area contributed by atoms with Crippen molar-refractivity contribution in [3.63, 3.8) is 0 Å². The Kier molecular flexibility index (Phi) is 4.61. The van der Waals surface area contributed by atoms with Gasteiger partial charge in [0.2, 0.25) is 0 Å². The van der Waals surface area contributed by atoms with Crippen molar-refractivity contribution in [3.05, 3.63) is 35.1 Å². The lowest BCUT2D eigenvalue weighted by Crippen LogP contribution is -2.55. The maximum absolute atomic E-state index is 13.5. The number of ether oxygens (including phenoxy) is 1. The predicted octanol–water partition coefficient (Wildman–Crippen LogP) is 1.42. The number of nitrogens with zero attached hydrogens (tertiary/aromatic N) is 1. The van der Waals surface area contributed by atoms with E-state index in [0.717, 1.165) is 0 Å². The van der Waals surface area contributed by atoms with Crippen LogP contribution in [0.4, 0.5) is 4.39 Å². The number of aliphatic hydroxyl groups excluding tert-OH is 1. The number of hydrogen-bond acceptors (Lipinski definition) is 3. The van der Waals surface area contributed by atoms with Crippen LogP contribution in [0.15, 0.2) is 18.2 Å². The summed E-state index contributed by atoms with van der Waals surface area (Å²) in [6.07, 6.45) is 0. The first-order valence-corrected chi connectivity index (χ1v) is 6.75. The van der Waals surface area contributed by atoms with Gasteiger partial charge in [-0.25, -0.2) is 4.39 Å². The smallest absolute Gasteiger partial charge is 0.255 e. The Bertz CT molecular complexity index is 601. The minimum Gasteiger partial charge on any atom is -0.384 e. The molecule has 1 aromatic rings. The van der Waals surface area contributed by atoms with E-state index in [1.807, 2.05) is 13.8 Å². The lowest BCUT2D eigenvalue weighted by molar-refractivity contribution is -0.0370. The van der Waals surface area contributed by atoms with E-state index < -0.39 is 11.4 Å². The van der Waals surface area contributed by atoms with Gasteiger partial charge in [0, 0.05) is 12.1 Å². The van der Waals surface area contributed by atoms with Crippen molar-refractivity contribution in [2.45, 2.75) is 19.4 Å². The SMILES string of the molecule is CC1(C)COCCN1C(=O)c1cc(F)ccc1C#CCO. The summed E-state index contributed by atoms with van der Waals surface area (Å²) in [6.45, 7) is 4.85. The zero-order valence-electron chi connectivity index (χ0n) is 12.1. The average Bonchev–Trinajstić information content (AvgIpc) is 2.45. The van der Waals surface area contributed by atoms with Crippen LogP contribution in [0.5, 0.6) is 0 Å². The molecule has 1 aliphatic rings. The van der Waals surface area contributed by atoms with Gasteiger partial charge in [0.05, 0.1) is 24.3 Å². The molecule has 21 heavy (non-hydrogen) atoms. The molecule has 1 aliphatic heterocycles. The molecule has 0 saturated carbocycles. The number of carbonyl (C=O) groups is 1. The maximum atomic E-state index is 13.5. The van der Waals surface area contributed by atoms with Crippen molar-refractivity contribution >= 4 is 5.91 Å². The molecule has 1 amide bonds. The van der Waals surface area contributed by atoms with Gasteiger partial charge >= 0.3 is 0 Å². The molecule has 5 heteroatoms. The van der Waals surface area contributed by atoms with Crippen LogP contribution < -0.4 is 0 Å². The lowest BCUT2D eigenvalue weighted by Gasteiger charge is -2.42. The summed E-state index contributed by atoms with van der Waals surface area (Å²) in [5.74, 6) is 4.42. The molecule has 0 aliphatic carbocycles. The summed E-state index contributed by atoms with van der Waals surface area (Å²) in [5.41, 5.74) is 0.173. The molecular weight excluding hydrogens is 273 g/mol. The zero-order chi connectivity index (χ0) is 15.5. The molecular formula is C16H18FNO3. The van der Waals surface area contributed by atoms with Gasteiger partial charge in [-0.1, -0.05) is 11.8 Å². The van der Waals surface area contributed by atoms with Crippen LogP contribution >= 0.6 is 0 Å². The van der Waals surface area contributed by atoms with E-state index in [9.17, 15) is 9.18 Å². The predicted molar refractivity (Wildman–Crippen MR) is 76.3 cm³/mol. The van der Waals surface area contributed by atoms with Crippen LogP contribution in [0.2, 0.25) is 0 Å². The first-order valence-electron chi connectivity index (χ1n) is 6.75. The zero-order valence-corrected chi connectivity index (χ0v) is 12.1. The molecule has 1 fully saturated rings. The topological polar surface area (TPSA) is 49.8 Å². The molecule has 4 nitrogen and oxygen atoms in total. The molecule has 2 rings (SSSR count). The monoisotopic (exact) mass is 291 g/mol. The number of rotatable bonds is 1. The summed E-state index contributed by atoms with van der Waals surface area (Å²) in [5, 5.41) is 8.78. The van der Waals surface area contributed by atoms with Crippen molar-refractivity contribution < 1.29 is 19.0 Å². The van der Waals surface area contributed by atoms with E-state index >= 15 is 0 Å². The van der Waals surface area contributed by atoms with E-state index in [1.165, 1.54) is 18.2 Å². The Labute approximate surface area is 123 Å². The molecule has 1 N–H and O–H groups in total. The molecule has 0 radical (unpaired) electrons. The standard InChI is InChI=1S/C16H18FNO3/c1-16(2)11-21-9-7-18(16)15(20)14-10-13(17)6-5-12(14)4-3-8-19/h5-6,10,19H,7-9,11H2,1-2H3. The van der Waals surface area contributed by atoms with Crippen LogP contribution in [0.25, 0.3) is 0 Å². The van der Waals surface area contributed by atoms with Crippen LogP contribution in [-0.2, 0) is 4.74 Å². The number of amides is 1. The van der Waals surface area contributed by atoms with Crippen LogP contribution in [0.3, 0.4) is 0 Å². The Hall–Kier alpha value is -1.90. The van der Waals surface area contributed by atoms with Gasteiger partial charge < -0.3 is 14.7 Å². The molecule has 0 bridgehead atoms. The Balaban J connectivity index is 2.40. The third-order valence-corrected chi connectivity index (χ3v) is 3.40. The summed E-state index contributed by atoms with van der Waals surface area (Å²) in [4.78, 5) is 14.4. The molecule has 1 aromatic carbocycles. The number of carbonyl (C=O) groups excluding carboxylic acids is 1. The number of morpholine rings is 1. The third-order valence-electron chi connectivity index (χ3n) is 3.40. The number of benzene rings is 1. The number of halogens is 1. The fourth-order valence-electron chi connectivity index (χ4n) is 2.32. The molecule has 0 unspecified atom stereocenters. The maximum Gasteiger partial charge on any atom is 0.255 e. The first kappa shape index (κ1) is 15.5. The highest BCUT2D eigenvalue weighted by atomic mass is 19.1. The number of hydrogen-bond donors (Lipinski definition) is 1. The minimum atomic E-state index is -0.487. The van der Waals surface area contributed by atoms with Crippen molar-refractivity contribution in [1.82, 2.24) is 4.90 Å². The van der Waals surface area contributed by atoms with Crippen molar-refractivity contribution in [2.24, 2.45) is 0 Å². The summed E-state index contributed by atoms with van der Waals surface area (Å²) in [6, 6.07) is 3.90. The van der Waals surface area contributed by atoms with Crippen molar-refractivity contribution in [1.29, 1.82) is 0 Å². The van der Waals surface area contributed by atoms with Gasteiger partial charge in [0.15, 0.2) is 0 Å². The second-order valence-electron chi connectivity index (χ2n) is 5.47. The molecule has 1 heterocycles. The van der Waals surface area contributed by atoms with E-state index in [-0.39, 0.29) is 18.1 Å². The summed E-state index contributed by atoms with van der Waals surface area (Å²) >= 11 is 0. The third kappa shape index (κ3) is 3.41. The van der Waals surface area contributed by atoms with Crippen molar-refractivity contribution in [3.8, 4) is 11.8 Å². The first-order chi connectivity index (χ1) is 9.95.